The molecule has 1 N–H and O–H groups in total. The molecule has 5 heteroatoms. The zero-order chi connectivity index (χ0) is 21.3. The van der Waals surface area contributed by atoms with Gasteiger partial charge in [0.2, 0.25) is 0 Å². The average Bonchev–Trinajstić information content (AvgIpc) is 2.81. The molecule has 0 saturated carbocycles. The molecule has 30 heavy (non-hydrogen) atoms. The molecule has 0 spiro atoms. The van der Waals surface area contributed by atoms with Crippen molar-refractivity contribution in [1.82, 2.24) is 0 Å². The molecule has 0 bridgehead atoms. The van der Waals surface area contributed by atoms with Crippen LogP contribution in [0.15, 0.2) is 72.8 Å². The zero-order valence-electron chi connectivity index (χ0n) is 16.7. The summed E-state index contributed by atoms with van der Waals surface area (Å²) in [5.41, 5.74) is 3.31. The van der Waals surface area contributed by atoms with Gasteiger partial charge in [-0.2, -0.15) is 5.26 Å². The SMILES string of the molecule is CCC(=O)c1ccc(OC[C@@H](O)COc2ccc(-c3ccc(C#N)cc3)cc2)cc1. The van der Waals surface area contributed by atoms with Gasteiger partial charge in [0, 0.05) is 12.0 Å². The molecule has 0 unspecified atom stereocenters. The molecule has 0 aliphatic carbocycles. The Morgan fingerprint density at radius 2 is 1.33 bits per heavy atom. The Balaban J connectivity index is 1.46. The lowest BCUT2D eigenvalue weighted by Gasteiger charge is -2.14. The maximum absolute atomic E-state index is 11.6. The first-order chi connectivity index (χ1) is 14.6. The minimum Gasteiger partial charge on any atom is -0.491 e. The second-order valence-corrected chi connectivity index (χ2v) is 6.79. The van der Waals surface area contributed by atoms with Crippen LogP contribution in [0.3, 0.4) is 0 Å². The van der Waals surface area contributed by atoms with Crippen molar-refractivity contribution in [3.63, 3.8) is 0 Å². The number of Topliss-reactive ketones (excluding diaryl/α,β-unsaturated/α-hetero) is 1. The number of nitrogens with zero attached hydrogens (tertiary/aromatic N) is 1. The molecule has 3 rings (SSSR count). The Bertz CT molecular complexity index is 1000. The number of nitriles is 1. The summed E-state index contributed by atoms with van der Waals surface area (Å²) in [7, 11) is 0. The molecular formula is C25H23NO4. The maximum atomic E-state index is 11.6. The van der Waals surface area contributed by atoms with Crippen molar-refractivity contribution < 1.29 is 19.4 Å². The van der Waals surface area contributed by atoms with E-state index >= 15 is 0 Å². The van der Waals surface area contributed by atoms with Gasteiger partial charge in [-0.25, -0.2) is 0 Å². The average molecular weight is 401 g/mol. The van der Waals surface area contributed by atoms with Crippen LogP contribution in [0.2, 0.25) is 0 Å². The number of rotatable bonds is 9. The topological polar surface area (TPSA) is 79.6 Å². The Morgan fingerprint density at radius 1 is 0.867 bits per heavy atom. The van der Waals surface area contributed by atoms with E-state index in [9.17, 15) is 9.90 Å². The largest absolute Gasteiger partial charge is 0.491 e. The third kappa shape index (κ3) is 5.69. The molecular weight excluding hydrogens is 378 g/mol. The number of hydrogen-bond donors (Lipinski definition) is 1. The van der Waals surface area contributed by atoms with Crippen LogP contribution in [0.5, 0.6) is 11.5 Å². The minimum absolute atomic E-state index is 0.0835. The quantitative estimate of drug-likeness (QED) is 0.529. The molecule has 0 aromatic heterocycles. The summed E-state index contributed by atoms with van der Waals surface area (Å²) in [6.45, 7) is 2.01. The number of ether oxygens (including phenoxy) is 2. The molecule has 0 amide bonds. The van der Waals surface area contributed by atoms with E-state index in [2.05, 4.69) is 6.07 Å². The number of hydrogen-bond acceptors (Lipinski definition) is 5. The molecule has 0 saturated heterocycles. The van der Waals surface area contributed by atoms with Crippen molar-refractivity contribution >= 4 is 5.78 Å². The van der Waals surface area contributed by atoms with Gasteiger partial charge in [-0.05, 0) is 59.7 Å². The summed E-state index contributed by atoms with van der Waals surface area (Å²) in [6, 6.07) is 23.9. The highest BCUT2D eigenvalue weighted by molar-refractivity contribution is 5.95. The van der Waals surface area contributed by atoms with E-state index in [4.69, 9.17) is 14.7 Å². The molecule has 5 nitrogen and oxygen atoms in total. The van der Waals surface area contributed by atoms with Crippen LogP contribution in [0, 0.1) is 11.3 Å². The fourth-order valence-electron chi connectivity index (χ4n) is 2.85. The van der Waals surface area contributed by atoms with Gasteiger partial charge in [0.1, 0.15) is 30.8 Å². The molecule has 152 valence electrons. The number of aliphatic hydroxyl groups is 1. The van der Waals surface area contributed by atoms with Crippen molar-refractivity contribution in [2.45, 2.75) is 19.4 Å². The van der Waals surface area contributed by atoms with Crippen molar-refractivity contribution in [2.75, 3.05) is 13.2 Å². The first-order valence-corrected chi connectivity index (χ1v) is 9.76. The van der Waals surface area contributed by atoms with Crippen LogP contribution < -0.4 is 9.47 Å². The van der Waals surface area contributed by atoms with E-state index in [-0.39, 0.29) is 19.0 Å². The highest BCUT2D eigenvalue weighted by Crippen LogP contribution is 2.23. The van der Waals surface area contributed by atoms with Crippen LogP contribution in [0.25, 0.3) is 11.1 Å². The Morgan fingerprint density at radius 3 is 1.80 bits per heavy atom. The summed E-state index contributed by atoms with van der Waals surface area (Å²) >= 11 is 0. The van der Waals surface area contributed by atoms with E-state index < -0.39 is 6.10 Å². The van der Waals surface area contributed by atoms with Gasteiger partial charge in [0.15, 0.2) is 5.78 Å². The van der Waals surface area contributed by atoms with E-state index in [0.29, 0.717) is 29.0 Å². The third-order valence-corrected chi connectivity index (χ3v) is 4.58. The molecule has 3 aromatic rings. The molecule has 0 radical (unpaired) electrons. The second kappa shape index (κ2) is 10.2. The van der Waals surface area contributed by atoms with Gasteiger partial charge in [-0.15, -0.1) is 0 Å². The van der Waals surface area contributed by atoms with Gasteiger partial charge >= 0.3 is 0 Å². The highest BCUT2D eigenvalue weighted by atomic mass is 16.5. The Kier molecular flexibility index (Phi) is 7.20. The first-order valence-electron chi connectivity index (χ1n) is 9.76. The molecule has 0 heterocycles. The minimum atomic E-state index is -0.792. The van der Waals surface area contributed by atoms with Crippen LogP contribution in [0.1, 0.15) is 29.3 Å². The van der Waals surface area contributed by atoms with E-state index in [0.717, 1.165) is 11.1 Å². The maximum Gasteiger partial charge on any atom is 0.162 e. The fourth-order valence-corrected chi connectivity index (χ4v) is 2.85. The van der Waals surface area contributed by atoms with E-state index in [1.807, 2.05) is 43.3 Å². The van der Waals surface area contributed by atoms with Gasteiger partial charge in [0.05, 0.1) is 11.6 Å². The predicted molar refractivity (Wildman–Crippen MR) is 115 cm³/mol. The van der Waals surface area contributed by atoms with Crippen LogP contribution in [0.4, 0.5) is 0 Å². The number of ketones is 1. The van der Waals surface area contributed by atoms with Gasteiger partial charge in [-0.3, -0.25) is 4.79 Å². The normalized spacial score (nSPS) is 11.4. The summed E-state index contributed by atoms with van der Waals surface area (Å²) < 4.78 is 11.2. The summed E-state index contributed by atoms with van der Waals surface area (Å²) in [4.78, 5) is 11.6. The highest BCUT2D eigenvalue weighted by Gasteiger charge is 2.08. The van der Waals surface area contributed by atoms with Crippen LogP contribution in [-0.4, -0.2) is 30.2 Å². The molecule has 0 aliphatic heterocycles. The summed E-state index contributed by atoms with van der Waals surface area (Å²) in [5, 5.41) is 19.0. The third-order valence-electron chi connectivity index (χ3n) is 4.58. The monoisotopic (exact) mass is 401 g/mol. The van der Waals surface area contributed by atoms with Gasteiger partial charge in [-0.1, -0.05) is 31.2 Å². The first kappa shape index (κ1) is 21.1. The summed E-state index contributed by atoms with van der Waals surface area (Å²) in [5.74, 6) is 1.32. The van der Waals surface area contributed by atoms with Crippen molar-refractivity contribution in [3.8, 4) is 28.7 Å². The van der Waals surface area contributed by atoms with Crippen molar-refractivity contribution in [3.05, 3.63) is 83.9 Å². The lowest BCUT2D eigenvalue weighted by atomic mass is 10.0. The fraction of sp³-hybridized carbons (Fsp3) is 0.200. The Labute approximate surface area is 176 Å². The molecule has 1 atom stereocenters. The van der Waals surface area contributed by atoms with Crippen molar-refractivity contribution in [2.24, 2.45) is 0 Å². The number of aliphatic hydroxyl groups excluding tert-OH is 1. The second-order valence-electron chi connectivity index (χ2n) is 6.79. The summed E-state index contributed by atoms with van der Waals surface area (Å²) in [6.07, 6.45) is -0.329. The van der Waals surface area contributed by atoms with Crippen LogP contribution in [-0.2, 0) is 0 Å². The van der Waals surface area contributed by atoms with E-state index in [1.54, 1.807) is 36.4 Å². The zero-order valence-corrected chi connectivity index (χ0v) is 16.7. The van der Waals surface area contributed by atoms with Gasteiger partial charge < -0.3 is 14.6 Å². The smallest absolute Gasteiger partial charge is 0.162 e. The van der Waals surface area contributed by atoms with Gasteiger partial charge in [0.25, 0.3) is 0 Å². The molecule has 3 aromatic carbocycles. The van der Waals surface area contributed by atoms with E-state index in [1.165, 1.54) is 0 Å². The predicted octanol–water partition coefficient (Wildman–Crippen LogP) is 4.64. The lowest BCUT2D eigenvalue weighted by molar-refractivity contribution is 0.0626. The molecule has 0 fully saturated rings. The van der Waals surface area contributed by atoms with Crippen molar-refractivity contribution in [1.29, 1.82) is 5.26 Å². The number of carbonyl (C=O) groups excluding carboxylic acids is 1. The number of benzene rings is 3. The standard InChI is InChI=1S/C25H23NO4/c1-2-25(28)21-9-13-24(14-10-21)30-17-22(27)16-29-23-11-7-20(8-12-23)19-5-3-18(15-26)4-6-19/h3-14,22,27H,2,16-17H2,1H3/t22-/m0/s1. The Hall–Kier alpha value is -3.62. The molecule has 0 aliphatic rings. The van der Waals surface area contributed by atoms with Crippen LogP contribution >= 0.6 is 0 Å². The lowest BCUT2D eigenvalue weighted by Crippen LogP contribution is -2.25. The number of carbonyl (C=O) groups is 1.